The summed E-state index contributed by atoms with van der Waals surface area (Å²) in [6.45, 7) is 4.85. The lowest BCUT2D eigenvalue weighted by atomic mass is 9.73. The van der Waals surface area contributed by atoms with E-state index in [4.69, 9.17) is 4.74 Å². The fourth-order valence-corrected chi connectivity index (χ4v) is 3.46. The van der Waals surface area contributed by atoms with Gasteiger partial charge in [0.2, 0.25) is 0 Å². The molecule has 2 fully saturated rings. The van der Waals surface area contributed by atoms with E-state index in [1.165, 1.54) is 0 Å². The zero-order valence-electron chi connectivity index (χ0n) is 16.5. The number of urea groups is 2. The van der Waals surface area contributed by atoms with Crippen LogP contribution in [0.15, 0.2) is 0 Å². The first-order valence-corrected chi connectivity index (χ1v) is 9.53. The normalized spacial score (nSPS) is 24.3. The summed E-state index contributed by atoms with van der Waals surface area (Å²) in [7, 11) is 0. The van der Waals surface area contributed by atoms with E-state index in [1.54, 1.807) is 0 Å². The highest BCUT2D eigenvalue weighted by molar-refractivity contribution is 6.09. The van der Waals surface area contributed by atoms with Gasteiger partial charge >= 0.3 is 18.0 Å². The minimum atomic E-state index is -0.957. The maximum Gasteiger partial charge on any atom is 0.326 e. The zero-order chi connectivity index (χ0) is 20.9. The van der Waals surface area contributed by atoms with Gasteiger partial charge in [-0.2, -0.15) is 0 Å². The molecule has 0 aromatic heterocycles. The predicted octanol–water partition coefficient (Wildman–Crippen LogP) is 0.512. The van der Waals surface area contributed by atoms with Gasteiger partial charge in [0.05, 0.1) is 0 Å². The fraction of sp³-hybridized carbons (Fsp3) is 0.722. The second-order valence-corrected chi connectivity index (χ2v) is 7.75. The van der Waals surface area contributed by atoms with Crippen LogP contribution in [0.3, 0.4) is 0 Å². The summed E-state index contributed by atoms with van der Waals surface area (Å²) in [6.07, 6.45) is 3.18. The third-order valence-electron chi connectivity index (χ3n) is 5.08. The van der Waals surface area contributed by atoms with Crippen LogP contribution in [0.4, 0.5) is 9.59 Å². The van der Waals surface area contributed by atoms with E-state index in [-0.39, 0.29) is 11.8 Å². The van der Waals surface area contributed by atoms with Crippen LogP contribution in [-0.2, 0) is 19.1 Å². The molecule has 1 aliphatic heterocycles. The van der Waals surface area contributed by atoms with E-state index in [9.17, 15) is 24.0 Å². The van der Waals surface area contributed by atoms with Gasteiger partial charge in [0.1, 0.15) is 12.1 Å². The molecular formula is C18H28N4O6. The van der Waals surface area contributed by atoms with Crippen LogP contribution in [0, 0.1) is 11.8 Å². The number of imide groups is 2. The Bertz CT molecular complexity index is 664. The molecule has 0 bridgehead atoms. The van der Waals surface area contributed by atoms with Gasteiger partial charge in [-0.3, -0.25) is 24.6 Å². The Kier molecular flexibility index (Phi) is 6.98. The molecule has 1 saturated heterocycles. The lowest BCUT2D eigenvalue weighted by Crippen LogP contribution is -2.54. The fourth-order valence-electron chi connectivity index (χ4n) is 3.46. The summed E-state index contributed by atoms with van der Waals surface area (Å²) in [5.41, 5.74) is -0.957. The molecule has 1 spiro atoms. The maximum absolute atomic E-state index is 12.8. The molecule has 1 aliphatic carbocycles. The summed E-state index contributed by atoms with van der Waals surface area (Å²) in [5, 5.41) is 7.25. The Morgan fingerprint density at radius 1 is 1.29 bits per heavy atom. The minimum Gasteiger partial charge on any atom is -0.454 e. The quantitative estimate of drug-likeness (QED) is 0.442. The first-order valence-electron chi connectivity index (χ1n) is 9.53. The number of ether oxygens (including phenoxy) is 1. The standard InChI is InChI=1S/C18H28N4O6/c1-11(2)8-19-16(26)20-13(23)10-28-14(24)9-22-15(25)18(21-17(22)27)7-5-4-6-12(18)3/h11-12H,4-10H2,1-3H3,(H,21,27)(H2,19,20,23,26)/t12-,18+/m1/s1. The Hall–Kier alpha value is -2.65. The van der Waals surface area contributed by atoms with E-state index >= 15 is 0 Å². The lowest BCUT2D eigenvalue weighted by Gasteiger charge is -2.36. The molecule has 10 heteroatoms. The van der Waals surface area contributed by atoms with Crippen LogP contribution >= 0.6 is 0 Å². The first-order chi connectivity index (χ1) is 13.2. The second-order valence-electron chi connectivity index (χ2n) is 7.75. The van der Waals surface area contributed by atoms with Gasteiger partial charge in [0, 0.05) is 6.54 Å². The topological polar surface area (TPSA) is 134 Å². The number of amides is 6. The van der Waals surface area contributed by atoms with Crippen molar-refractivity contribution in [1.82, 2.24) is 20.9 Å². The molecule has 2 aliphatic rings. The molecule has 156 valence electrons. The van der Waals surface area contributed by atoms with Gasteiger partial charge < -0.3 is 15.4 Å². The largest absolute Gasteiger partial charge is 0.454 e. The van der Waals surface area contributed by atoms with Crippen molar-refractivity contribution in [3.8, 4) is 0 Å². The molecule has 28 heavy (non-hydrogen) atoms. The van der Waals surface area contributed by atoms with Crippen LogP contribution < -0.4 is 16.0 Å². The van der Waals surface area contributed by atoms with Gasteiger partial charge in [-0.25, -0.2) is 9.59 Å². The van der Waals surface area contributed by atoms with E-state index in [0.717, 1.165) is 24.2 Å². The van der Waals surface area contributed by atoms with Crippen LogP contribution in [0.1, 0.15) is 46.5 Å². The van der Waals surface area contributed by atoms with Gasteiger partial charge in [0.25, 0.3) is 11.8 Å². The van der Waals surface area contributed by atoms with Crippen molar-refractivity contribution in [2.45, 2.75) is 52.0 Å². The maximum atomic E-state index is 12.8. The van der Waals surface area contributed by atoms with Gasteiger partial charge in [-0.15, -0.1) is 0 Å². The zero-order valence-corrected chi connectivity index (χ0v) is 16.5. The number of rotatable bonds is 6. The van der Waals surface area contributed by atoms with E-state index in [2.05, 4.69) is 10.6 Å². The van der Waals surface area contributed by atoms with Crippen molar-refractivity contribution >= 4 is 29.8 Å². The van der Waals surface area contributed by atoms with E-state index in [1.807, 2.05) is 26.1 Å². The highest BCUT2D eigenvalue weighted by Crippen LogP contribution is 2.38. The van der Waals surface area contributed by atoms with Crippen molar-refractivity contribution in [1.29, 1.82) is 0 Å². The molecule has 2 atom stereocenters. The average molecular weight is 396 g/mol. The molecule has 0 aromatic rings. The molecule has 3 N–H and O–H groups in total. The van der Waals surface area contributed by atoms with Gasteiger partial charge in [-0.05, 0) is 24.7 Å². The van der Waals surface area contributed by atoms with Crippen LogP contribution in [0.25, 0.3) is 0 Å². The third kappa shape index (κ3) is 4.99. The number of carbonyl (C=O) groups is 5. The summed E-state index contributed by atoms with van der Waals surface area (Å²) >= 11 is 0. The van der Waals surface area contributed by atoms with Crippen molar-refractivity contribution in [3.05, 3.63) is 0 Å². The van der Waals surface area contributed by atoms with Crippen molar-refractivity contribution in [2.24, 2.45) is 11.8 Å². The number of hydrogen-bond donors (Lipinski definition) is 3. The lowest BCUT2D eigenvalue weighted by molar-refractivity contribution is -0.151. The predicted molar refractivity (Wildman–Crippen MR) is 97.9 cm³/mol. The Morgan fingerprint density at radius 3 is 2.64 bits per heavy atom. The summed E-state index contributed by atoms with van der Waals surface area (Å²) in [4.78, 5) is 60.9. The molecule has 0 aromatic carbocycles. The van der Waals surface area contributed by atoms with E-state index < -0.39 is 48.5 Å². The van der Waals surface area contributed by atoms with Gasteiger partial charge in [0.15, 0.2) is 6.61 Å². The molecule has 2 rings (SSSR count). The second kappa shape index (κ2) is 9.03. The van der Waals surface area contributed by atoms with E-state index in [0.29, 0.717) is 13.0 Å². The molecule has 6 amide bonds. The Balaban J connectivity index is 1.81. The first kappa shape index (κ1) is 21.6. The SMILES string of the molecule is CC(C)CNC(=O)NC(=O)COC(=O)CN1C(=O)N[C@]2(CCCC[C@H]2C)C1=O. The molecule has 10 nitrogen and oxygen atoms in total. The number of nitrogens with one attached hydrogen (secondary N) is 3. The summed E-state index contributed by atoms with van der Waals surface area (Å²) < 4.78 is 4.79. The van der Waals surface area contributed by atoms with Crippen molar-refractivity contribution in [2.75, 3.05) is 19.7 Å². The third-order valence-corrected chi connectivity index (χ3v) is 5.08. The van der Waals surface area contributed by atoms with Crippen LogP contribution in [-0.4, -0.2) is 60.0 Å². The molecule has 0 unspecified atom stereocenters. The number of nitrogens with zero attached hydrogens (tertiary/aromatic N) is 1. The van der Waals surface area contributed by atoms with Crippen molar-refractivity contribution in [3.63, 3.8) is 0 Å². The van der Waals surface area contributed by atoms with Gasteiger partial charge in [-0.1, -0.05) is 33.6 Å². The van der Waals surface area contributed by atoms with Crippen LogP contribution in [0.5, 0.6) is 0 Å². The molecule has 1 saturated carbocycles. The Morgan fingerprint density at radius 2 is 2.00 bits per heavy atom. The molecule has 1 heterocycles. The molecular weight excluding hydrogens is 368 g/mol. The average Bonchev–Trinajstić information content (AvgIpc) is 2.86. The number of carbonyl (C=O) groups excluding carboxylic acids is 5. The van der Waals surface area contributed by atoms with Crippen molar-refractivity contribution < 1.29 is 28.7 Å². The summed E-state index contributed by atoms with van der Waals surface area (Å²) in [6, 6.07) is -1.31. The molecule has 0 radical (unpaired) electrons. The minimum absolute atomic E-state index is 0.0196. The monoisotopic (exact) mass is 396 g/mol. The number of hydrogen-bond acceptors (Lipinski definition) is 6. The Labute approximate surface area is 163 Å². The van der Waals surface area contributed by atoms with Crippen LogP contribution in [0.2, 0.25) is 0 Å². The summed E-state index contributed by atoms with van der Waals surface area (Å²) in [5.74, 6) is -1.93. The highest BCUT2D eigenvalue weighted by Gasteiger charge is 2.55. The highest BCUT2D eigenvalue weighted by atomic mass is 16.5. The smallest absolute Gasteiger partial charge is 0.326 e. The number of esters is 1.